The fraction of sp³-hybridized carbons (Fsp3) is 0.227. The van der Waals surface area contributed by atoms with Crippen molar-refractivity contribution >= 4 is 11.7 Å². The number of amides is 1. The van der Waals surface area contributed by atoms with Gasteiger partial charge >= 0.3 is 0 Å². The van der Waals surface area contributed by atoms with E-state index in [2.05, 4.69) is 20.2 Å². The summed E-state index contributed by atoms with van der Waals surface area (Å²) >= 11 is 0. The molecule has 3 aromatic rings. The first kappa shape index (κ1) is 18.9. The maximum absolute atomic E-state index is 13.0. The van der Waals surface area contributed by atoms with E-state index >= 15 is 0 Å². The van der Waals surface area contributed by atoms with Gasteiger partial charge in [0.2, 0.25) is 0 Å². The number of carbonyl (C=O) groups excluding carboxylic acids is 1. The highest BCUT2D eigenvalue weighted by Gasteiger charge is 2.14. The molecule has 0 radical (unpaired) electrons. The van der Waals surface area contributed by atoms with Crippen LogP contribution in [0.2, 0.25) is 0 Å². The number of carbonyl (C=O) groups is 1. The molecule has 2 aromatic carbocycles. The molecule has 1 aliphatic heterocycles. The fourth-order valence-corrected chi connectivity index (χ4v) is 3.20. The molecule has 1 N–H and O–H groups in total. The highest BCUT2D eigenvalue weighted by molar-refractivity contribution is 5.94. The zero-order chi connectivity index (χ0) is 20.1. The van der Waals surface area contributed by atoms with Crippen molar-refractivity contribution in [1.82, 2.24) is 15.3 Å². The molecule has 1 saturated heterocycles. The molecule has 4 rings (SSSR count). The Hall–Kier alpha value is -3.48. The van der Waals surface area contributed by atoms with Gasteiger partial charge in [0.25, 0.3) is 5.91 Å². The van der Waals surface area contributed by atoms with Gasteiger partial charge in [-0.15, -0.1) is 0 Å². The van der Waals surface area contributed by atoms with Gasteiger partial charge < -0.3 is 15.0 Å². The second kappa shape index (κ2) is 8.68. The quantitative estimate of drug-likeness (QED) is 0.688. The van der Waals surface area contributed by atoms with Crippen LogP contribution in [0.25, 0.3) is 0 Å². The number of halogens is 1. The number of aromatic nitrogens is 2. The van der Waals surface area contributed by atoms with Gasteiger partial charge in [0.1, 0.15) is 29.0 Å². The van der Waals surface area contributed by atoms with Crippen molar-refractivity contribution in [3.8, 4) is 11.5 Å². The molecule has 0 aliphatic carbocycles. The van der Waals surface area contributed by atoms with Crippen LogP contribution >= 0.6 is 0 Å². The standard InChI is InChI=1S/C22H21FN4O2/c23-17-6-8-18(9-7-17)29-19-5-3-4-16(14-19)22(28)25-15-20-24-11-10-21(26-20)27-12-1-2-13-27/h3-11,14H,1-2,12-13,15H2,(H,25,28). The lowest BCUT2D eigenvalue weighted by Crippen LogP contribution is -2.25. The Labute approximate surface area is 168 Å². The maximum Gasteiger partial charge on any atom is 0.251 e. The van der Waals surface area contributed by atoms with E-state index < -0.39 is 0 Å². The highest BCUT2D eigenvalue weighted by atomic mass is 19.1. The number of hydrogen-bond donors (Lipinski definition) is 1. The van der Waals surface area contributed by atoms with E-state index in [1.807, 2.05) is 6.07 Å². The molecular weight excluding hydrogens is 371 g/mol. The van der Waals surface area contributed by atoms with E-state index in [9.17, 15) is 9.18 Å². The maximum atomic E-state index is 13.0. The van der Waals surface area contributed by atoms with Crippen molar-refractivity contribution in [3.05, 3.63) is 78.0 Å². The topological polar surface area (TPSA) is 67.4 Å². The van der Waals surface area contributed by atoms with Crippen molar-refractivity contribution < 1.29 is 13.9 Å². The minimum absolute atomic E-state index is 0.240. The largest absolute Gasteiger partial charge is 0.457 e. The number of nitrogens with zero attached hydrogens (tertiary/aromatic N) is 3. The van der Waals surface area contributed by atoms with E-state index in [4.69, 9.17) is 4.74 Å². The second-order valence-corrected chi connectivity index (χ2v) is 6.79. The van der Waals surface area contributed by atoms with Crippen molar-refractivity contribution in [2.24, 2.45) is 0 Å². The second-order valence-electron chi connectivity index (χ2n) is 6.79. The predicted molar refractivity (Wildman–Crippen MR) is 108 cm³/mol. The lowest BCUT2D eigenvalue weighted by Gasteiger charge is -2.16. The fourth-order valence-electron chi connectivity index (χ4n) is 3.20. The van der Waals surface area contributed by atoms with Gasteiger partial charge in [0, 0.05) is 24.8 Å². The summed E-state index contributed by atoms with van der Waals surface area (Å²) in [6.45, 7) is 2.25. The third-order valence-corrected chi connectivity index (χ3v) is 4.67. The summed E-state index contributed by atoms with van der Waals surface area (Å²) in [7, 11) is 0. The van der Waals surface area contributed by atoms with E-state index in [0.717, 1.165) is 18.9 Å². The molecule has 148 valence electrons. The molecule has 0 unspecified atom stereocenters. The van der Waals surface area contributed by atoms with Crippen LogP contribution in [0.1, 0.15) is 29.0 Å². The van der Waals surface area contributed by atoms with E-state index in [0.29, 0.717) is 22.9 Å². The molecule has 7 heteroatoms. The molecule has 0 spiro atoms. The van der Waals surface area contributed by atoms with Crippen molar-refractivity contribution in [1.29, 1.82) is 0 Å². The molecule has 0 saturated carbocycles. The summed E-state index contributed by atoms with van der Waals surface area (Å²) in [4.78, 5) is 23.5. The normalized spacial score (nSPS) is 13.3. The van der Waals surface area contributed by atoms with Crippen LogP contribution in [0.5, 0.6) is 11.5 Å². The summed E-state index contributed by atoms with van der Waals surface area (Å²) in [5.74, 6) is 1.89. The minimum atomic E-state index is -0.332. The van der Waals surface area contributed by atoms with E-state index in [1.165, 1.54) is 37.1 Å². The molecular formula is C22H21FN4O2. The average molecular weight is 392 g/mol. The van der Waals surface area contributed by atoms with Crippen LogP contribution < -0.4 is 15.0 Å². The smallest absolute Gasteiger partial charge is 0.251 e. The van der Waals surface area contributed by atoms with Crippen molar-refractivity contribution in [2.45, 2.75) is 19.4 Å². The van der Waals surface area contributed by atoms with Crippen LogP contribution in [0, 0.1) is 5.82 Å². The van der Waals surface area contributed by atoms with Crippen molar-refractivity contribution in [3.63, 3.8) is 0 Å². The first-order valence-corrected chi connectivity index (χ1v) is 9.56. The molecule has 6 nitrogen and oxygen atoms in total. The summed E-state index contributed by atoms with van der Waals surface area (Å²) in [6.07, 6.45) is 4.07. The van der Waals surface area contributed by atoms with Gasteiger partial charge in [-0.1, -0.05) is 6.07 Å². The Balaban J connectivity index is 1.38. The van der Waals surface area contributed by atoms with Gasteiger partial charge in [-0.2, -0.15) is 0 Å². The van der Waals surface area contributed by atoms with E-state index in [1.54, 1.807) is 30.5 Å². The number of anilines is 1. The average Bonchev–Trinajstić information content (AvgIpc) is 3.29. The Morgan fingerprint density at radius 2 is 1.86 bits per heavy atom. The summed E-state index contributed by atoms with van der Waals surface area (Å²) in [5, 5.41) is 2.84. The van der Waals surface area contributed by atoms with Crippen LogP contribution in [0.15, 0.2) is 60.8 Å². The van der Waals surface area contributed by atoms with E-state index in [-0.39, 0.29) is 18.3 Å². The Kier molecular flexibility index (Phi) is 5.65. The number of benzene rings is 2. The molecule has 29 heavy (non-hydrogen) atoms. The SMILES string of the molecule is O=C(NCc1nccc(N2CCCC2)n1)c1cccc(Oc2ccc(F)cc2)c1. The van der Waals surface area contributed by atoms with Gasteiger partial charge in [0.15, 0.2) is 0 Å². The first-order chi connectivity index (χ1) is 14.2. The van der Waals surface area contributed by atoms with Crippen LogP contribution in [-0.4, -0.2) is 29.0 Å². The zero-order valence-electron chi connectivity index (χ0n) is 15.8. The van der Waals surface area contributed by atoms with Crippen molar-refractivity contribution in [2.75, 3.05) is 18.0 Å². The third kappa shape index (κ3) is 4.87. The summed E-state index contributed by atoms with van der Waals surface area (Å²) in [6, 6.07) is 14.4. The molecule has 1 aromatic heterocycles. The van der Waals surface area contributed by atoms with Gasteiger partial charge in [-0.3, -0.25) is 4.79 Å². The Morgan fingerprint density at radius 1 is 1.07 bits per heavy atom. The van der Waals surface area contributed by atoms with Crippen LogP contribution in [0.3, 0.4) is 0 Å². The molecule has 1 aliphatic rings. The number of rotatable bonds is 6. The lowest BCUT2D eigenvalue weighted by atomic mass is 10.2. The number of nitrogens with one attached hydrogen (secondary N) is 1. The van der Waals surface area contributed by atoms with Gasteiger partial charge in [0.05, 0.1) is 6.54 Å². The minimum Gasteiger partial charge on any atom is -0.457 e. The molecule has 0 atom stereocenters. The van der Waals surface area contributed by atoms with Crippen LogP contribution in [0.4, 0.5) is 10.2 Å². The molecule has 1 fully saturated rings. The molecule has 0 bridgehead atoms. The monoisotopic (exact) mass is 392 g/mol. The molecule has 1 amide bonds. The van der Waals surface area contributed by atoms with Gasteiger partial charge in [-0.05, 0) is 61.4 Å². The Bertz CT molecular complexity index is 988. The Morgan fingerprint density at radius 3 is 2.66 bits per heavy atom. The number of ether oxygens (including phenoxy) is 1. The van der Waals surface area contributed by atoms with Crippen LogP contribution in [-0.2, 0) is 6.54 Å². The molecule has 2 heterocycles. The third-order valence-electron chi connectivity index (χ3n) is 4.67. The van der Waals surface area contributed by atoms with Gasteiger partial charge in [-0.25, -0.2) is 14.4 Å². The summed E-state index contributed by atoms with van der Waals surface area (Å²) < 4.78 is 18.7. The summed E-state index contributed by atoms with van der Waals surface area (Å²) in [5.41, 5.74) is 0.459. The highest BCUT2D eigenvalue weighted by Crippen LogP contribution is 2.22. The predicted octanol–water partition coefficient (Wildman–Crippen LogP) is 3.94. The lowest BCUT2D eigenvalue weighted by molar-refractivity contribution is 0.0949. The number of hydrogen-bond acceptors (Lipinski definition) is 5. The first-order valence-electron chi connectivity index (χ1n) is 9.56. The zero-order valence-corrected chi connectivity index (χ0v) is 15.8.